The highest BCUT2D eigenvalue weighted by Crippen LogP contribution is 2.35. The number of rotatable bonds is 5. The highest BCUT2D eigenvalue weighted by molar-refractivity contribution is 7.75. The van der Waals surface area contributed by atoms with E-state index in [1.807, 2.05) is 0 Å². The van der Waals surface area contributed by atoms with Crippen molar-refractivity contribution in [1.82, 2.24) is 0 Å². The van der Waals surface area contributed by atoms with E-state index < -0.39 is 0 Å². The van der Waals surface area contributed by atoms with Crippen molar-refractivity contribution in [2.75, 3.05) is 0 Å². The first-order valence-corrected chi connectivity index (χ1v) is 7.89. The van der Waals surface area contributed by atoms with Crippen LogP contribution in [0.1, 0.15) is 19.8 Å². The van der Waals surface area contributed by atoms with Crippen LogP contribution in [0.2, 0.25) is 0 Å². The summed E-state index contributed by atoms with van der Waals surface area (Å²) in [6, 6.07) is 21.6. The molecule has 0 bridgehead atoms. The number of unbranched alkanes of at least 4 members (excludes halogenated alkanes) is 1. The predicted molar refractivity (Wildman–Crippen MR) is 83.1 cm³/mol. The minimum atomic E-state index is -0.343. The van der Waals surface area contributed by atoms with Crippen LogP contribution in [0, 0.1) is 0 Å². The zero-order valence-corrected chi connectivity index (χ0v) is 11.7. The summed E-state index contributed by atoms with van der Waals surface area (Å²) >= 11 is 0. The third kappa shape index (κ3) is 3.55. The van der Waals surface area contributed by atoms with Gasteiger partial charge in [0, 0.05) is 0 Å². The Morgan fingerprint density at radius 1 is 0.833 bits per heavy atom. The summed E-state index contributed by atoms with van der Waals surface area (Å²) in [7, 11) is -0.343. The molecular formula is C17H19P. The molecule has 0 fully saturated rings. The molecule has 0 atom stereocenters. The maximum absolute atomic E-state index is 2.39. The fourth-order valence-corrected chi connectivity index (χ4v) is 3.83. The van der Waals surface area contributed by atoms with E-state index in [4.69, 9.17) is 0 Å². The van der Waals surface area contributed by atoms with Gasteiger partial charge >= 0.3 is 0 Å². The molecule has 2 aromatic rings. The SMILES string of the molecule is CCC/C=C/P(c1ccccc1)c1ccccc1. The lowest BCUT2D eigenvalue weighted by atomic mass is 10.3. The van der Waals surface area contributed by atoms with Gasteiger partial charge in [-0.15, -0.1) is 0 Å². The third-order valence-electron chi connectivity index (χ3n) is 2.78. The molecule has 0 aliphatic rings. The number of allylic oxidation sites excluding steroid dienone is 1. The second kappa shape index (κ2) is 7.13. The van der Waals surface area contributed by atoms with Crippen LogP contribution in [0.15, 0.2) is 72.6 Å². The molecule has 0 nitrogen and oxygen atoms in total. The Bertz CT molecular complexity index is 434. The molecule has 1 heteroatoms. The van der Waals surface area contributed by atoms with Crippen LogP contribution in [0.4, 0.5) is 0 Å². The summed E-state index contributed by atoms with van der Waals surface area (Å²) in [5.74, 6) is 2.39. The van der Waals surface area contributed by atoms with Crippen molar-refractivity contribution in [3.8, 4) is 0 Å². The molecule has 0 aliphatic heterocycles. The number of benzene rings is 2. The van der Waals surface area contributed by atoms with E-state index in [0.717, 1.165) is 0 Å². The highest BCUT2D eigenvalue weighted by atomic mass is 31.1. The monoisotopic (exact) mass is 254 g/mol. The van der Waals surface area contributed by atoms with Crippen molar-refractivity contribution in [2.24, 2.45) is 0 Å². The van der Waals surface area contributed by atoms with Crippen molar-refractivity contribution >= 4 is 18.5 Å². The molecule has 2 rings (SSSR count). The van der Waals surface area contributed by atoms with Gasteiger partial charge in [0.25, 0.3) is 0 Å². The molecule has 0 spiro atoms. The Hall–Kier alpha value is -1.39. The van der Waals surface area contributed by atoms with Gasteiger partial charge in [0.1, 0.15) is 0 Å². The van der Waals surface area contributed by atoms with Gasteiger partial charge in [0.15, 0.2) is 0 Å². The molecule has 0 aromatic heterocycles. The zero-order chi connectivity index (χ0) is 12.6. The van der Waals surface area contributed by atoms with E-state index in [2.05, 4.69) is 79.5 Å². The van der Waals surface area contributed by atoms with E-state index in [1.165, 1.54) is 23.5 Å². The first kappa shape index (κ1) is 13.1. The van der Waals surface area contributed by atoms with Crippen LogP contribution >= 0.6 is 7.92 Å². The lowest BCUT2D eigenvalue weighted by Gasteiger charge is -2.14. The van der Waals surface area contributed by atoms with Crippen LogP contribution in [-0.2, 0) is 0 Å². The largest absolute Gasteiger partial charge is 0.0834 e. The van der Waals surface area contributed by atoms with E-state index >= 15 is 0 Å². The van der Waals surface area contributed by atoms with Crippen LogP contribution in [0.3, 0.4) is 0 Å². The molecule has 0 amide bonds. The lowest BCUT2D eigenvalue weighted by Crippen LogP contribution is -2.09. The molecule has 0 saturated carbocycles. The predicted octanol–water partition coefficient (Wildman–Crippen LogP) is 4.43. The quantitative estimate of drug-likeness (QED) is 0.692. The van der Waals surface area contributed by atoms with Gasteiger partial charge < -0.3 is 0 Å². The summed E-state index contributed by atoms with van der Waals surface area (Å²) in [4.78, 5) is 0. The third-order valence-corrected chi connectivity index (χ3v) is 5.00. The maximum atomic E-state index is 2.39. The molecule has 0 saturated heterocycles. The van der Waals surface area contributed by atoms with Crippen LogP contribution in [0.5, 0.6) is 0 Å². The van der Waals surface area contributed by atoms with Crippen LogP contribution in [-0.4, -0.2) is 0 Å². The van der Waals surface area contributed by atoms with Gasteiger partial charge in [-0.3, -0.25) is 0 Å². The van der Waals surface area contributed by atoms with E-state index in [0.29, 0.717) is 0 Å². The summed E-state index contributed by atoms with van der Waals surface area (Å²) in [6.45, 7) is 2.22. The second-order valence-corrected chi connectivity index (χ2v) is 6.29. The Balaban J connectivity index is 2.29. The van der Waals surface area contributed by atoms with E-state index in [9.17, 15) is 0 Å². The second-order valence-electron chi connectivity index (χ2n) is 4.21. The van der Waals surface area contributed by atoms with Gasteiger partial charge in [0.2, 0.25) is 0 Å². The van der Waals surface area contributed by atoms with Crippen LogP contribution in [0.25, 0.3) is 0 Å². The first-order valence-electron chi connectivity index (χ1n) is 6.48. The van der Waals surface area contributed by atoms with Crippen molar-refractivity contribution < 1.29 is 0 Å². The van der Waals surface area contributed by atoms with E-state index in [1.54, 1.807) is 0 Å². The standard InChI is InChI=1S/C17H19P/c1-2-3-10-15-18(16-11-6-4-7-12-16)17-13-8-5-9-14-17/h4-15H,2-3H2,1H3/b15-10+. The smallest absolute Gasteiger partial charge is 0.0157 e. The molecular weight excluding hydrogens is 235 g/mol. The maximum Gasteiger partial charge on any atom is -0.0157 e. The van der Waals surface area contributed by atoms with Gasteiger partial charge in [-0.25, -0.2) is 0 Å². The molecule has 0 N–H and O–H groups in total. The van der Waals surface area contributed by atoms with Crippen molar-refractivity contribution in [2.45, 2.75) is 19.8 Å². The Morgan fingerprint density at radius 3 is 1.78 bits per heavy atom. The minimum Gasteiger partial charge on any atom is -0.0834 e. The summed E-state index contributed by atoms with van der Waals surface area (Å²) in [6.07, 6.45) is 4.70. The molecule has 0 aliphatic carbocycles. The topological polar surface area (TPSA) is 0 Å². The Morgan fingerprint density at radius 2 is 1.33 bits per heavy atom. The minimum absolute atomic E-state index is 0.343. The van der Waals surface area contributed by atoms with Crippen molar-refractivity contribution in [1.29, 1.82) is 0 Å². The first-order chi connectivity index (χ1) is 8.92. The van der Waals surface area contributed by atoms with Crippen LogP contribution < -0.4 is 10.6 Å². The fraction of sp³-hybridized carbons (Fsp3) is 0.176. The molecule has 18 heavy (non-hydrogen) atoms. The van der Waals surface area contributed by atoms with Gasteiger partial charge in [-0.1, -0.05) is 85.9 Å². The highest BCUT2D eigenvalue weighted by Gasteiger charge is 2.08. The lowest BCUT2D eigenvalue weighted by molar-refractivity contribution is 0.960. The Labute approximate surface area is 111 Å². The van der Waals surface area contributed by atoms with Gasteiger partial charge in [0.05, 0.1) is 0 Å². The van der Waals surface area contributed by atoms with Crippen molar-refractivity contribution in [3.05, 3.63) is 72.6 Å². The molecule has 2 aromatic carbocycles. The van der Waals surface area contributed by atoms with Gasteiger partial charge in [-0.05, 0) is 25.0 Å². The number of hydrogen-bond donors (Lipinski definition) is 0. The summed E-state index contributed by atoms with van der Waals surface area (Å²) < 4.78 is 0. The molecule has 92 valence electrons. The zero-order valence-electron chi connectivity index (χ0n) is 10.8. The summed E-state index contributed by atoms with van der Waals surface area (Å²) in [5, 5.41) is 2.84. The fourth-order valence-electron chi connectivity index (χ4n) is 1.85. The average Bonchev–Trinajstić information content (AvgIpc) is 2.46. The normalized spacial score (nSPS) is 11.2. The summed E-state index contributed by atoms with van der Waals surface area (Å²) in [5.41, 5.74) is 0. The van der Waals surface area contributed by atoms with Crippen molar-refractivity contribution in [3.63, 3.8) is 0 Å². The van der Waals surface area contributed by atoms with E-state index in [-0.39, 0.29) is 7.92 Å². The van der Waals surface area contributed by atoms with Gasteiger partial charge in [-0.2, -0.15) is 0 Å². The molecule has 0 unspecified atom stereocenters. The Kier molecular flexibility index (Phi) is 5.17. The molecule has 0 heterocycles. The number of hydrogen-bond acceptors (Lipinski definition) is 0. The molecule has 0 radical (unpaired) electrons. The average molecular weight is 254 g/mol.